The molecule has 0 bridgehead atoms. The molecule has 0 spiro atoms. The lowest BCUT2D eigenvalue weighted by atomic mass is 10.1. The van der Waals surface area contributed by atoms with Crippen LogP contribution in [0, 0.1) is 0 Å². The van der Waals surface area contributed by atoms with Gasteiger partial charge in [-0.25, -0.2) is 4.79 Å². The van der Waals surface area contributed by atoms with Crippen LogP contribution in [0.2, 0.25) is 0 Å². The summed E-state index contributed by atoms with van der Waals surface area (Å²) in [6.45, 7) is 8.92. The molecular weight excluding hydrogens is 382 g/mol. The van der Waals surface area contributed by atoms with E-state index in [1.807, 2.05) is 31.7 Å². The van der Waals surface area contributed by atoms with Crippen LogP contribution in [0.1, 0.15) is 44.7 Å². The van der Waals surface area contributed by atoms with Crippen LogP contribution in [0.25, 0.3) is 0 Å². The zero-order chi connectivity index (χ0) is 21.7. The number of hydrogen-bond acceptors (Lipinski definition) is 4. The average Bonchev–Trinajstić information content (AvgIpc) is 3.03. The minimum absolute atomic E-state index is 0.149. The van der Waals surface area contributed by atoms with E-state index in [4.69, 9.17) is 4.74 Å². The lowest BCUT2D eigenvalue weighted by Crippen LogP contribution is -2.63. The molecule has 3 rings (SSSR count). The summed E-state index contributed by atoms with van der Waals surface area (Å²) in [5, 5.41) is 6.66. The molecule has 1 aromatic carbocycles. The summed E-state index contributed by atoms with van der Waals surface area (Å²) in [4.78, 5) is 31.8. The Morgan fingerprint density at radius 2 is 2.00 bits per heavy atom. The average molecular weight is 416 g/mol. The van der Waals surface area contributed by atoms with Gasteiger partial charge in [0.15, 0.2) is 5.96 Å². The molecular formula is C22H33N5O3. The van der Waals surface area contributed by atoms with Crippen LogP contribution in [0.4, 0.5) is 4.79 Å². The molecule has 1 aromatic rings. The van der Waals surface area contributed by atoms with Crippen LogP contribution in [-0.2, 0) is 22.6 Å². The predicted octanol–water partition coefficient (Wildman–Crippen LogP) is 2.09. The summed E-state index contributed by atoms with van der Waals surface area (Å²) in [7, 11) is 1.73. The zero-order valence-corrected chi connectivity index (χ0v) is 18.4. The molecule has 2 heterocycles. The van der Waals surface area contributed by atoms with Crippen molar-refractivity contribution in [2.75, 3.05) is 26.7 Å². The first-order chi connectivity index (χ1) is 14.2. The van der Waals surface area contributed by atoms with Crippen LogP contribution in [0.15, 0.2) is 29.3 Å². The van der Waals surface area contributed by atoms with E-state index >= 15 is 0 Å². The van der Waals surface area contributed by atoms with E-state index in [1.165, 1.54) is 0 Å². The zero-order valence-electron chi connectivity index (χ0n) is 18.4. The normalized spacial score (nSPS) is 17.7. The van der Waals surface area contributed by atoms with Crippen molar-refractivity contribution in [1.29, 1.82) is 0 Å². The molecule has 2 saturated heterocycles. The number of aliphatic imine (C=N–C) groups is 1. The highest BCUT2D eigenvalue weighted by Gasteiger charge is 2.34. The minimum Gasteiger partial charge on any atom is -0.444 e. The Bertz CT molecular complexity index is 796. The van der Waals surface area contributed by atoms with Crippen molar-refractivity contribution in [3.8, 4) is 0 Å². The largest absolute Gasteiger partial charge is 0.444 e. The molecule has 0 atom stereocenters. The van der Waals surface area contributed by atoms with Gasteiger partial charge in [0, 0.05) is 46.2 Å². The van der Waals surface area contributed by atoms with Gasteiger partial charge in [-0.05, 0) is 38.3 Å². The summed E-state index contributed by atoms with van der Waals surface area (Å²) in [5.41, 5.74) is 1.79. The van der Waals surface area contributed by atoms with Gasteiger partial charge in [0.25, 0.3) is 0 Å². The summed E-state index contributed by atoms with van der Waals surface area (Å²) in [6.07, 6.45) is 1.33. The molecule has 2 aliphatic heterocycles. The molecule has 0 unspecified atom stereocenters. The molecule has 2 aliphatic rings. The fraction of sp³-hybridized carbons (Fsp3) is 0.591. The van der Waals surface area contributed by atoms with Gasteiger partial charge in [0.2, 0.25) is 5.91 Å². The van der Waals surface area contributed by atoms with Crippen LogP contribution in [0.3, 0.4) is 0 Å². The second kappa shape index (κ2) is 9.36. The second-order valence-corrected chi connectivity index (χ2v) is 8.89. The van der Waals surface area contributed by atoms with Gasteiger partial charge >= 0.3 is 6.09 Å². The van der Waals surface area contributed by atoms with E-state index in [1.54, 1.807) is 11.9 Å². The van der Waals surface area contributed by atoms with E-state index in [0.717, 1.165) is 24.1 Å². The number of amides is 2. The lowest BCUT2D eigenvalue weighted by Gasteiger charge is -2.40. The van der Waals surface area contributed by atoms with Gasteiger partial charge in [-0.15, -0.1) is 0 Å². The van der Waals surface area contributed by atoms with E-state index in [2.05, 4.69) is 33.8 Å². The van der Waals surface area contributed by atoms with Gasteiger partial charge < -0.3 is 25.2 Å². The van der Waals surface area contributed by atoms with Crippen LogP contribution in [-0.4, -0.2) is 66.1 Å². The number of ether oxygens (including phenoxy) is 1. The first kappa shape index (κ1) is 21.9. The van der Waals surface area contributed by atoms with E-state index in [0.29, 0.717) is 38.6 Å². The van der Waals surface area contributed by atoms with E-state index in [9.17, 15) is 9.59 Å². The molecule has 8 nitrogen and oxygen atoms in total. The number of benzene rings is 1. The summed E-state index contributed by atoms with van der Waals surface area (Å²) in [6, 6.07) is 8.41. The Morgan fingerprint density at radius 1 is 1.27 bits per heavy atom. The fourth-order valence-electron chi connectivity index (χ4n) is 3.55. The fourth-order valence-corrected chi connectivity index (χ4v) is 3.55. The molecule has 8 heteroatoms. The lowest BCUT2D eigenvalue weighted by molar-refractivity contribution is -0.128. The van der Waals surface area contributed by atoms with Crippen LogP contribution in [0.5, 0.6) is 0 Å². The SMILES string of the molecule is CN=C(NCc1cccc(CN2CCCC2=O)c1)NC1CN(C(=O)OC(C)(C)C)C1. The maximum absolute atomic E-state index is 12.0. The molecule has 164 valence electrons. The van der Waals surface area contributed by atoms with Gasteiger partial charge in [-0.3, -0.25) is 9.79 Å². The monoisotopic (exact) mass is 415 g/mol. The number of carbonyl (C=O) groups is 2. The quantitative estimate of drug-likeness (QED) is 0.568. The molecule has 30 heavy (non-hydrogen) atoms. The number of carbonyl (C=O) groups excluding carboxylic acids is 2. The van der Waals surface area contributed by atoms with Gasteiger partial charge in [-0.2, -0.15) is 0 Å². The van der Waals surface area contributed by atoms with Gasteiger partial charge in [0.1, 0.15) is 5.60 Å². The number of hydrogen-bond donors (Lipinski definition) is 2. The Labute approximate surface area is 178 Å². The van der Waals surface area contributed by atoms with Crippen molar-refractivity contribution in [2.45, 2.75) is 58.3 Å². The maximum atomic E-state index is 12.0. The maximum Gasteiger partial charge on any atom is 0.410 e. The molecule has 2 fully saturated rings. The molecule has 0 saturated carbocycles. The summed E-state index contributed by atoms with van der Waals surface area (Å²) in [5.74, 6) is 0.938. The Balaban J connectivity index is 1.43. The number of likely N-dealkylation sites (tertiary alicyclic amines) is 2. The Kier molecular flexibility index (Phi) is 6.84. The van der Waals surface area contributed by atoms with Crippen molar-refractivity contribution in [3.63, 3.8) is 0 Å². The van der Waals surface area contributed by atoms with Crippen LogP contribution >= 0.6 is 0 Å². The van der Waals surface area contributed by atoms with E-state index < -0.39 is 5.60 Å². The van der Waals surface area contributed by atoms with E-state index in [-0.39, 0.29) is 18.0 Å². The highest BCUT2D eigenvalue weighted by molar-refractivity contribution is 5.80. The first-order valence-electron chi connectivity index (χ1n) is 10.5. The molecule has 0 aromatic heterocycles. The minimum atomic E-state index is -0.482. The highest BCUT2D eigenvalue weighted by atomic mass is 16.6. The Hall–Kier alpha value is -2.77. The van der Waals surface area contributed by atoms with Crippen molar-refractivity contribution < 1.29 is 14.3 Å². The number of guanidine groups is 1. The summed E-state index contributed by atoms with van der Waals surface area (Å²) >= 11 is 0. The smallest absolute Gasteiger partial charge is 0.410 e. The molecule has 2 amide bonds. The van der Waals surface area contributed by atoms with Crippen molar-refractivity contribution >= 4 is 18.0 Å². The van der Waals surface area contributed by atoms with Crippen molar-refractivity contribution in [1.82, 2.24) is 20.4 Å². The number of nitrogens with zero attached hydrogens (tertiary/aromatic N) is 3. The molecule has 2 N–H and O–H groups in total. The number of rotatable bonds is 5. The topological polar surface area (TPSA) is 86.3 Å². The van der Waals surface area contributed by atoms with Crippen LogP contribution < -0.4 is 10.6 Å². The third-order valence-electron chi connectivity index (χ3n) is 5.09. The third kappa shape index (κ3) is 6.11. The third-order valence-corrected chi connectivity index (χ3v) is 5.09. The van der Waals surface area contributed by atoms with Crippen molar-refractivity contribution in [2.24, 2.45) is 4.99 Å². The Morgan fingerprint density at radius 3 is 2.63 bits per heavy atom. The number of nitrogens with one attached hydrogen (secondary N) is 2. The molecule has 0 aliphatic carbocycles. The molecule has 0 radical (unpaired) electrons. The highest BCUT2D eigenvalue weighted by Crippen LogP contribution is 2.16. The standard InChI is InChI=1S/C22H33N5O3/c1-22(2,3)30-21(29)27-14-18(15-27)25-20(23-4)24-12-16-7-5-8-17(11-16)13-26-10-6-9-19(26)28/h5,7-8,11,18H,6,9-10,12-15H2,1-4H3,(H2,23,24,25). The van der Waals surface area contributed by atoms with Gasteiger partial charge in [-0.1, -0.05) is 24.3 Å². The predicted molar refractivity (Wildman–Crippen MR) is 116 cm³/mol. The first-order valence-corrected chi connectivity index (χ1v) is 10.5. The van der Waals surface area contributed by atoms with Crippen molar-refractivity contribution in [3.05, 3.63) is 35.4 Å². The second-order valence-electron chi connectivity index (χ2n) is 8.89. The summed E-state index contributed by atoms with van der Waals surface area (Å²) < 4.78 is 5.38. The van der Waals surface area contributed by atoms with Gasteiger partial charge in [0.05, 0.1) is 6.04 Å².